The summed E-state index contributed by atoms with van der Waals surface area (Å²) in [6.07, 6.45) is -2.45. The maximum Gasteiger partial charge on any atom is 0.414 e. The van der Waals surface area contributed by atoms with Crippen LogP contribution in [0.1, 0.15) is 13.3 Å². The summed E-state index contributed by atoms with van der Waals surface area (Å²) in [7, 11) is 1.67. The molecular weight excluding hydrogens is 357 g/mol. The van der Waals surface area contributed by atoms with Gasteiger partial charge in [0.1, 0.15) is 18.0 Å². The molecule has 1 aliphatic carbocycles. The predicted molar refractivity (Wildman–Crippen MR) is 93.6 cm³/mol. The molecule has 0 spiro atoms. The van der Waals surface area contributed by atoms with Gasteiger partial charge in [0.05, 0.1) is 30.4 Å². The molecule has 1 aromatic carbocycles. The Hall–Kier alpha value is -2.84. The number of carbonyl (C=O) groups is 3. The lowest BCUT2D eigenvalue weighted by atomic mass is 10.1. The maximum atomic E-state index is 12.9. The van der Waals surface area contributed by atoms with Crippen molar-refractivity contribution in [3.63, 3.8) is 0 Å². The smallest absolute Gasteiger partial charge is 0.414 e. The highest BCUT2D eigenvalue weighted by Crippen LogP contribution is 2.37. The predicted octanol–water partition coefficient (Wildman–Crippen LogP) is 1.23. The first-order valence-electron chi connectivity index (χ1n) is 8.83. The van der Waals surface area contributed by atoms with Crippen LogP contribution in [-0.2, 0) is 14.3 Å². The fourth-order valence-corrected chi connectivity index (χ4v) is 3.29. The second-order valence-corrected chi connectivity index (χ2v) is 7.03. The summed E-state index contributed by atoms with van der Waals surface area (Å²) in [5, 5.41) is 2.62. The van der Waals surface area contributed by atoms with Gasteiger partial charge in [-0.3, -0.25) is 14.5 Å². The number of cyclic esters (lactones) is 1. The van der Waals surface area contributed by atoms with Crippen LogP contribution in [0.4, 0.5) is 20.6 Å². The van der Waals surface area contributed by atoms with Gasteiger partial charge in [0.2, 0.25) is 5.91 Å². The van der Waals surface area contributed by atoms with E-state index in [1.165, 1.54) is 9.80 Å². The molecule has 1 saturated carbocycles. The van der Waals surface area contributed by atoms with Crippen molar-refractivity contribution in [3.8, 4) is 5.75 Å². The number of halogens is 1. The van der Waals surface area contributed by atoms with Gasteiger partial charge >= 0.3 is 6.09 Å². The van der Waals surface area contributed by atoms with Gasteiger partial charge in [-0.05, 0) is 25.5 Å². The van der Waals surface area contributed by atoms with E-state index in [4.69, 9.17) is 9.47 Å². The number of hydrogen-bond acceptors (Lipinski definition) is 5. The Morgan fingerprint density at radius 2 is 2.07 bits per heavy atom. The molecule has 8 nitrogen and oxygen atoms in total. The monoisotopic (exact) mass is 377 g/mol. The number of nitrogens with zero attached hydrogens (tertiary/aromatic N) is 2. The molecule has 4 rings (SSSR count). The molecule has 2 heterocycles. The Morgan fingerprint density at radius 1 is 1.33 bits per heavy atom. The highest BCUT2D eigenvalue weighted by molar-refractivity contribution is 6.00. The summed E-state index contributed by atoms with van der Waals surface area (Å²) in [6, 6.07) is 5.11. The van der Waals surface area contributed by atoms with Gasteiger partial charge in [0.15, 0.2) is 6.10 Å². The van der Waals surface area contributed by atoms with Gasteiger partial charge in [0, 0.05) is 13.1 Å². The van der Waals surface area contributed by atoms with E-state index in [1.54, 1.807) is 32.2 Å². The number of alkyl halides is 1. The second-order valence-electron chi connectivity index (χ2n) is 7.03. The van der Waals surface area contributed by atoms with Crippen molar-refractivity contribution in [1.82, 2.24) is 5.32 Å². The number of hydrogen-bond donors (Lipinski definition) is 1. The number of carbonyl (C=O) groups excluding carboxylic acids is 3. The van der Waals surface area contributed by atoms with Crippen LogP contribution >= 0.6 is 0 Å². The number of nitrogens with one attached hydrogen (secondary N) is 1. The average molecular weight is 377 g/mol. The van der Waals surface area contributed by atoms with Crippen LogP contribution in [0.15, 0.2) is 18.2 Å². The van der Waals surface area contributed by atoms with Crippen LogP contribution in [0.2, 0.25) is 0 Å². The fourth-order valence-electron chi connectivity index (χ4n) is 3.29. The summed E-state index contributed by atoms with van der Waals surface area (Å²) in [4.78, 5) is 38.8. The van der Waals surface area contributed by atoms with Gasteiger partial charge in [-0.1, -0.05) is 0 Å². The van der Waals surface area contributed by atoms with Crippen molar-refractivity contribution in [2.45, 2.75) is 31.7 Å². The normalized spacial score (nSPS) is 29.1. The van der Waals surface area contributed by atoms with Crippen molar-refractivity contribution in [3.05, 3.63) is 18.2 Å². The van der Waals surface area contributed by atoms with E-state index in [1.807, 2.05) is 0 Å². The number of likely N-dealkylation sites (N-methyl/N-ethyl adjacent to an activating group) is 1. The van der Waals surface area contributed by atoms with Gasteiger partial charge in [-0.15, -0.1) is 0 Å². The minimum absolute atomic E-state index is 0.139. The molecule has 0 bridgehead atoms. The molecule has 2 fully saturated rings. The third-order valence-electron chi connectivity index (χ3n) is 5.03. The molecule has 144 valence electrons. The van der Waals surface area contributed by atoms with E-state index in [9.17, 15) is 18.8 Å². The Kier molecular flexibility index (Phi) is 4.16. The molecule has 9 heteroatoms. The van der Waals surface area contributed by atoms with E-state index in [2.05, 4.69) is 5.32 Å². The summed E-state index contributed by atoms with van der Waals surface area (Å²) in [5.74, 6) is -0.550. The molecule has 1 saturated heterocycles. The number of benzene rings is 1. The lowest BCUT2D eigenvalue weighted by Crippen LogP contribution is -2.42. The van der Waals surface area contributed by atoms with Crippen molar-refractivity contribution in [1.29, 1.82) is 0 Å². The molecular formula is C18H20FN3O5. The Balaban J connectivity index is 1.43. The van der Waals surface area contributed by atoms with E-state index < -0.39 is 30.4 Å². The third-order valence-corrected chi connectivity index (χ3v) is 5.03. The average Bonchev–Trinajstić information content (AvgIpc) is 3.26. The van der Waals surface area contributed by atoms with Crippen molar-refractivity contribution in [2.24, 2.45) is 5.92 Å². The standard InChI is InChI=1S/C18H20FN3O5/c1-9-17(24)21(2)14-4-3-10(5-15(14)26-9)22-8-11(27-18(22)25)7-20-16(23)12-6-13(12)19/h3-5,9,11-13H,6-8H2,1-2H3,(H,20,23)/t9?,11-,12-,13-/m0/s1. The molecule has 3 amide bonds. The van der Waals surface area contributed by atoms with Crippen LogP contribution in [0.3, 0.4) is 0 Å². The lowest BCUT2D eigenvalue weighted by Gasteiger charge is -2.31. The highest BCUT2D eigenvalue weighted by Gasteiger charge is 2.44. The molecule has 0 radical (unpaired) electrons. The van der Waals surface area contributed by atoms with Crippen LogP contribution in [0.5, 0.6) is 5.75 Å². The van der Waals surface area contributed by atoms with Crippen LogP contribution in [-0.4, -0.2) is 56.4 Å². The van der Waals surface area contributed by atoms with Gasteiger partial charge < -0.3 is 19.7 Å². The minimum atomic E-state index is -1.06. The van der Waals surface area contributed by atoms with E-state index in [-0.39, 0.29) is 31.3 Å². The van der Waals surface area contributed by atoms with Crippen LogP contribution in [0, 0.1) is 5.92 Å². The van der Waals surface area contributed by atoms with E-state index >= 15 is 0 Å². The highest BCUT2D eigenvalue weighted by atomic mass is 19.1. The first kappa shape index (κ1) is 17.6. The molecule has 1 N–H and O–H groups in total. The zero-order valence-corrected chi connectivity index (χ0v) is 15.0. The number of fused-ring (bicyclic) bond motifs is 1. The third kappa shape index (κ3) is 3.17. The summed E-state index contributed by atoms with van der Waals surface area (Å²) in [6.45, 7) is 2.06. The van der Waals surface area contributed by atoms with Gasteiger partial charge in [-0.2, -0.15) is 0 Å². The van der Waals surface area contributed by atoms with Crippen LogP contribution in [0.25, 0.3) is 0 Å². The lowest BCUT2D eigenvalue weighted by molar-refractivity contribution is -0.125. The number of amides is 3. The summed E-state index contributed by atoms with van der Waals surface area (Å²) < 4.78 is 23.8. The topological polar surface area (TPSA) is 88.2 Å². The Labute approximate surface area is 155 Å². The number of rotatable bonds is 4. The molecule has 4 atom stereocenters. The van der Waals surface area contributed by atoms with E-state index in [0.29, 0.717) is 17.1 Å². The van der Waals surface area contributed by atoms with Gasteiger partial charge in [0.25, 0.3) is 5.91 Å². The Morgan fingerprint density at radius 3 is 2.78 bits per heavy atom. The van der Waals surface area contributed by atoms with E-state index in [0.717, 1.165) is 0 Å². The molecule has 2 aliphatic heterocycles. The first-order chi connectivity index (χ1) is 12.8. The SMILES string of the molecule is CC1Oc2cc(N3C[C@H](CNC(=O)[C@H]4C[C@@H]4F)OC3=O)ccc2N(C)C1=O. The van der Waals surface area contributed by atoms with Crippen molar-refractivity contribution < 1.29 is 28.2 Å². The molecule has 0 aromatic heterocycles. The number of ether oxygens (including phenoxy) is 2. The maximum absolute atomic E-state index is 12.9. The molecule has 1 aromatic rings. The zero-order valence-electron chi connectivity index (χ0n) is 15.0. The minimum Gasteiger partial charge on any atom is -0.479 e. The largest absolute Gasteiger partial charge is 0.479 e. The number of anilines is 2. The molecule has 1 unspecified atom stereocenters. The molecule has 3 aliphatic rings. The Bertz CT molecular complexity index is 816. The van der Waals surface area contributed by atoms with Crippen molar-refractivity contribution in [2.75, 3.05) is 29.9 Å². The zero-order chi connectivity index (χ0) is 19.3. The van der Waals surface area contributed by atoms with Gasteiger partial charge in [-0.25, -0.2) is 9.18 Å². The first-order valence-corrected chi connectivity index (χ1v) is 8.83. The van der Waals surface area contributed by atoms with Crippen molar-refractivity contribution >= 4 is 29.3 Å². The quantitative estimate of drug-likeness (QED) is 0.853. The van der Waals surface area contributed by atoms with Crippen LogP contribution < -0.4 is 19.9 Å². The second kappa shape index (κ2) is 6.40. The summed E-state index contributed by atoms with van der Waals surface area (Å²) in [5.41, 5.74) is 1.21. The molecule has 27 heavy (non-hydrogen) atoms. The fraction of sp³-hybridized carbons (Fsp3) is 0.500. The summed E-state index contributed by atoms with van der Waals surface area (Å²) >= 11 is 0.